The van der Waals surface area contributed by atoms with Crippen LogP contribution in [0.3, 0.4) is 0 Å². The molecule has 0 unspecified atom stereocenters. The van der Waals surface area contributed by atoms with E-state index < -0.39 is 11.6 Å². The predicted octanol–water partition coefficient (Wildman–Crippen LogP) is 0.832. The number of allylic oxidation sites excluding steroid dienone is 2. The van der Waals surface area contributed by atoms with E-state index in [1.54, 1.807) is 4.90 Å². The maximum atomic E-state index is 12.6. The van der Waals surface area contributed by atoms with Crippen LogP contribution in [0, 0.1) is 0 Å². The summed E-state index contributed by atoms with van der Waals surface area (Å²) in [5.74, 6) is -1.88. The molecule has 7 heteroatoms. The topological polar surface area (TPSA) is 89.9 Å². The first-order chi connectivity index (χ1) is 10.0. The summed E-state index contributed by atoms with van der Waals surface area (Å²) in [5.41, 5.74) is -0.321. The normalized spacial score (nSPS) is 19.0. The van der Waals surface area contributed by atoms with Gasteiger partial charge in [-0.15, -0.1) is 0 Å². The van der Waals surface area contributed by atoms with E-state index in [1.165, 1.54) is 12.1 Å². The number of ketones is 2. The maximum absolute atomic E-state index is 12.6. The quantitative estimate of drug-likeness (QED) is 0.666. The number of fused-ring (bicyclic) bond motifs is 1. The third kappa shape index (κ3) is 2.07. The Hall–Kier alpha value is -2.05. The van der Waals surface area contributed by atoms with E-state index in [-0.39, 0.29) is 33.4 Å². The monoisotopic (exact) mass is 308 g/mol. The number of piperazine rings is 1. The molecular weight excluding hydrogens is 296 g/mol. The SMILES string of the molecule is O=C1C(Cl)=C(N2CCNCC2)C(=O)c2c(O)ccc(O)c21. The van der Waals surface area contributed by atoms with Crippen molar-refractivity contribution < 1.29 is 19.8 Å². The summed E-state index contributed by atoms with van der Waals surface area (Å²) in [7, 11) is 0. The highest BCUT2D eigenvalue weighted by Crippen LogP contribution is 2.39. The second-order valence-electron chi connectivity index (χ2n) is 4.91. The van der Waals surface area contributed by atoms with Gasteiger partial charge in [0.25, 0.3) is 0 Å². The van der Waals surface area contributed by atoms with Crippen LogP contribution in [-0.4, -0.2) is 52.9 Å². The van der Waals surface area contributed by atoms with Gasteiger partial charge in [-0.3, -0.25) is 9.59 Å². The highest BCUT2D eigenvalue weighted by molar-refractivity contribution is 6.50. The van der Waals surface area contributed by atoms with Gasteiger partial charge in [0.2, 0.25) is 11.6 Å². The van der Waals surface area contributed by atoms with Crippen LogP contribution in [-0.2, 0) is 0 Å². The van der Waals surface area contributed by atoms with Gasteiger partial charge in [0.15, 0.2) is 0 Å². The third-order valence-electron chi connectivity index (χ3n) is 3.67. The number of aromatic hydroxyl groups is 2. The second-order valence-corrected chi connectivity index (χ2v) is 5.29. The van der Waals surface area contributed by atoms with E-state index in [0.29, 0.717) is 26.2 Å². The average Bonchev–Trinajstić information content (AvgIpc) is 2.48. The number of carbonyl (C=O) groups excluding carboxylic acids is 2. The molecule has 0 saturated carbocycles. The molecule has 1 fully saturated rings. The molecule has 6 nitrogen and oxygen atoms in total. The second kappa shape index (κ2) is 5.05. The van der Waals surface area contributed by atoms with Crippen LogP contribution in [0.1, 0.15) is 20.7 Å². The first-order valence-corrected chi connectivity index (χ1v) is 6.90. The molecule has 1 aliphatic carbocycles. The number of phenols is 2. The summed E-state index contributed by atoms with van der Waals surface area (Å²) in [6, 6.07) is 2.35. The molecule has 0 bridgehead atoms. The molecule has 0 radical (unpaired) electrons. The number of Topliss-reactive ketones (excluding diaryl/α,β-unsaturated/α-hetero) is 2. The Morgan fingerprint density at radius 2 is 1.52 bits per heavy atom. The van der Waals surface area contributed by atoms with Crippen molar-refractivity contribution in [3.05, 3.63) is 34.0 Å². The molecule has 1 aromatic carbocycles. The fourth-order valence-electron chi connectivity index (χ4n) is 2.65. The molecule has 3 N–H and O–H groups in total. The third-order valence-corrected chi connectivity index (χ3v) is 4.02. The lowest BCUT2D eigenvalue weighted by molar-refractivity contribution is 0.0937. The minimum atomic E-state index is -0.645. The number of benzene rings is 1. The maximum Gasteiger partial charge on any atom is 0.215 e. The van der Waals surface area contributed by atoms with E-state index in [2.05, 4.69) is 5.32 Å². The average molecular weight is 309 g/mol. The van der Waals surface area contributed by atoms with Gasteiger partial charge in [0, 0.05) is 26.2 Å². The first-order valence-electron chi connectivity index (χ1n) is 6.52. The van der Waals surface area contributed by atoms with Crippen LogP contribution in [0.2, 0.25) is 0 Å². The van der Waals surface area contributed by atoms with Crippen LogP contribution in [0.4, 0.5) is 0 Å². The Morgan fingerprint density at radius 3 is 2.10 bits per heavy atom. The fraction of sp³-hybridized carbons (Fsp3) is 0.286. The standard InChI is InChI=1S/C14H13ClN2O4/c15-11-12(17-5-3-16-4-6-17)14(21)10-8(19)2-1-7(18)9(10)13(11)20/h1-2,16,18-19H,3-6H2. The van der Waals surface area contributed by atoms with E-state index >= 15 is 0 Å². The number of nitrogens with zero attached hydrogens (tertiary/aromatic N) is 1. The lowest BCUT2D eigenvalue weighted by atomic mass is 9.90. The number of nitrogens with one attached hydrogen (secondary N) is 1. The van der Waals surface area contributed by atoms with Crippen molar-refractivity contribution in [3.63, 3.8) is 0 Å². The first kappa shape index (κ1) is 13.9. The number of hydrogen-bond acceptors (Lipinski definition) is 6. The number of phenolic OH excluding ortho intramolecular Hbond substituents is 2. The van der Waals surface area contributed by atoms with Crippen LogP contribution in [0.25, 0.3) is 0 Å². The molecule has 21 heavy (non-hydrogen) atoms. The predicted molar refractivity (Wildman–Crippen MR) is 75.8 cm³/mol. The summed E-state index contributed by atoms with van der Waals surface area (Å²) in [6.07, 6.45) is 0. The van der Waals surface area contributed by atoms with Gasteiger partial charge in [0.05, 0.1) is 11.1 Å². The highest BCUT2D eigenvalue weighted by Gasteiger charge is 2.38. The molecule has 0 aromatic heterocycles. The zero-order chi connectivity index (χ0) is 15.1. The smallest absolute Gasteiger partial charge is 0.215 e. The Balaban J connectivity index is 2.16. The summed E-state index contributed by atoms with van der Waals surface area (Å²) in [4.78, 5) is 26.7. The number of carbonyl (C=O) groups is 2. The van der Waals surface area contributed by atoms with Gasteiger partial charge in [-0.1, -0.05) is 11.6 Å². The van der Waals surface area contributed by atoms with Crippen molar-refractivity contribution in [1.29, 1.82) is 0 Å². The van der Waals surface area contributed by atoms with Gasteiger partial charge >= 0.3 is 0 Å². The number of halogens is 1. The van der Waals surface area contributed by atoms with Crippen LogP contribution >= 0.6 is 11.6 Å². The molecule has 1 aromatic rings. The van der Waals surface area contributed by atoms with Crippen LogP contribution < -0.4 is 5.32 Å². The largest absolute Gasteiger partial charge is 0.507 e. The minimum Gasteiger partial charge on any atom is -0.507 e. The molecule has 3 rings (SSSR count). The zero-order valence-corrected chi connectivity index (χ0v) is 11.8. The lowest BCUT2D eigenvalue weighted by Crippen LogP contribution is -2.45. The Bertz CT molecular complexity index is 678. The van der Waals surface area contributed by atoms with Gasteiger partial charge in [-0.05, 0) is 12.1 Å². The van der Waals surface area contributed by atoms with Gasteiger partial charge < -0.3 is 20.4 Å². The highest BCUT2D eigenvalue weighted by atomic mass is 35.5. The summed E-state index contributed by atoms with van der Waals surface area (Å²) in [5, 5.41) is 22.6. The van der Waals surface area contributed by atoms with E-state index in [4.69, 9.17) is 11.6 Å². The van der Waals surface area contributed by atoms with Crippen molar-refractivity contribution in [2.45, 2.75) is 0 Å². The van der Waals surface area contributed by atoms with E-state index in [0.717, 1.165) is 0 Å². The molecule has 0 atom stereocenters. The van der Waals surface area contributed by atoms with Gasteiger partial charge in [-0.2, -0.15) is 0 Å². The van der Waals surface area contributed by atoms with Crippen molar-refractivity contribution >= 4 is 23.2 Å². The Morgan fingerprint density at radius 1 is 1.00 bits per heavy atom. The molecule has 1 heterocycles. The number of hydrogen-bond donors (Lipinski definition) is 3. The minimum absolute atomic E-state index is 0.0940. The molecule has 1 saturated heterocycles. The van der Waals surface area contributed by atoms with Gasteiger partial charge in [-0.25, -0.2) is 0 Å². The summed E-state index contributed by atoms with van der Waals surface area (Å²) in [6.45, 7) is 2.43. The fourth-order valence-corrected chi connectivity index (χ4v) is 2.95. The molecule has 0 amide bonds. The van der Waals surface area contributed by atoms with Crippen LogP contribution in [0.15, 0.2) is 22.9 Å². The molecule has 1 aliphatic heterocycles. The summed E-state index contributed by atoms with van der Waals surface area (Å²) >= 11 is 6.07. The van der Waals surface area contributed by atoms with E-state index in [9.17, 15) is 19.8 Å². The van der Waals surface area contributed by atoms with Crippen molar-refractivity contribution in [2.75, 3.05) is 26.2 Å². The van der Waals surface area contributed by atoms with Crippen molar-refractivity contribution in [1.82, 2.24) is 10.2 Å². The molecule has 110 valence electrons. The molecule has 0 spiro atoms. The Labute approximate surface area is 125 Å². The zero-order valence-electron chi connectivity index (χ0n) is 11.0. The number of rotatable bonds is 1. The lowest BCUT2D eigenvalue weighted by Gasteiger charge is -2.33. The molecular formula is C14H13ClN2O4. The van der Waals surface area contributed by atoms with Crippen molar-refractivity contribution in [3.8, 4) is 11.5 Å². The van der Waals surface area contributed by atoms with E-state index in [1.807, 2.05) is 0 Å². The summed E-state index contributed by atoms with van der Waals surface area (Å²) < 4.78 is 0. The molecule has 2 aliphatic rings. The van der Waals surface area contributed by atoms with Crippen LogP contribution in [0.5, 0.6) is 11.5 Å². The Kier molecular flexibility index (Phi) is 3.35. The van der Waals surface area contributed by atoms with Crippen molar-refractivity contribution in [2.24, 2.45) is 0 Å². The van der Waals surface area contributed by atoms with Gasteiger partial charge in [0.1, 0.15) is 22.2 Å².